The maximum absolute atomic E-state index is 13.8. The van der Waals surface area contributed by atoms with Crippen LogP contribution < -0.4 is 16.6 Å². The number of nitrogens with zero attached hydrogens (tertiary/aromatic N) is 3. The van der Waals surface area contributed by atoms with E-state index in [2.05, 4.69) is 20.4 Å². The lowest BCUT2D eigenvalue weighted by atomic mass is 9.95. The fourth-order valence-corrected chi connectivity index (χ4v) is 4.98. The molecule has 9 heteroatoms. The summed E-state index contributed by atoms with van der Waals surface area (Å²) in [6.45, 7) is 2.05. The lowest BCUT2D eigenvalue weighted by Gasteiger charge is -2.25. The van der Waals surface area contributed by atoms with Gasteiger partial charge in [0.2, 0.25) is 5.56 Å². The molecule has 5 rings (SSSR count). The molecular formula is C27H28ClFN6O. The van der Waals surface area contributed by atoms with Gasteiger partial charge in [-0.3, -0.25) is 4.79 Å². The van der Waals surface area contributed by atoms with Crippen LogP contribution in [0.1, 0.15) is 50.2 Å². The molecule has 1 fully saturated rings. The number of nitrogens with two attached hydrogens (primary N) is 1. The fourth-order valence-electron chi connectivity index (χ4n) is 4.83. The summed E-state index contributed by atoms with van der Waals surface area (Å²) in [6.07, 6.45) is 11.8. The van der Waals surface area contributed by atoms with E-state index in [0.717, 1.165) is 60.0 Å². The molecule has 36 heavy (non-hydrogen) atoms. The number of nitrogens with one attached hydrogen (secondary N) is 2. The van der Waals surface area contributed by atoms with Gasteiger partial charge in [0.15, 0.2) is 0 Å². The second-order valence-corrected chi connectivity index (χ2v) is 9.56. The molecule has 7 nitrogen and oxygen atoms in total. The molecule has 186 valence electrons. The predicted molar refractivity (Wildman–Crippen MR) is 143 cm³/mol. The normalized spacial score (nSPS) is 14.9. The van der Waals surface area contributed by atoms with Crippen LogP contribution in [0.15, 0.2) is 58.7 Å². The minimum absolute atomic E-state index is 0.157. The Labute approximate surface area is 213 Å². The van der Waals surface area contributed by atoms with E-state index in [4.69, 9.17) is 17.3 Å². The van der Waals surface area contributed by atoms with Gasteiger partial charge in [0.25, 0.3) is 0 Å². The van der Waals surface area contributed by atoms with Crippen LogP contribution in [0.2, 0.25) is 5.02 Å². The Morgan fingerprint density at radius 1 is 1.28 bits per heavy atom. The lowest BCUT2D eigenvalue weighted by Crippen LogP contribution is -2.25. The largest absolute Gasteiger partial charge is 0.383 e. The number of benzene rings is 1. The van der Waals surface area contributed by atoms with Gasteiger partial charge in [0.1, 0.15) is 11.7 Å². The van der Waals surface area contributed by atoms with Crippen LogP contribution in [0.5, 0.6) is 0 Å². The Kier molecular flexibility index (Phi) is 6.78. The van der Waals surface area contributed by atoms with Crippen LogP contribution in [-0.2, 0) is 6.42 Å². The van der Waals surface area contributed by atoms with Crippen molar-refractivity contribution in [1.82, 2.24) is 14.6 Å². The molecule has 1 saturated carbocycles. The van der Waals surface area contributed by atoms with Gasteiger partial charge < -0.3 is 16.0 Å². The first-order valence-electron chi connectivity index (χ1n) is 12.2. The van der Waals surface area contributed by atoms with Gasteiger partial charge in [-0.05, 0) is 48.6 Å². The highest BCUT2D eigenvalue weighted by Gasteiger charge is 2.20. The SMILES string of the molecule is CCc1c[nH]c(=O)cc1-c1cc2c(NC3CCCCC3)c(C(N)=Nc3cc(F)ccc3Cl)cnn2c1. The summed E-state index contributed by atoms with van der Waals surface area (Å²) >= 11 is 6.24. The second kappa shape index (κ2) is 10.1. The third kappa shape index (κ3) is 4.86. The molecule has 0 unspecified atom stereocenters. The Balaban J connectivity index is 1.66. The van der Waals surface area contributed by atoms with Gasteiger partial charge in [0, 0.05) is 36.1 Å². The van der Waals surface area contributed by atoms with E-state index >= 15 is 0 Å². The standard InChI is InChI=1S/C27H28ClFN6O/c1-2-16-13-31-25(36)12-20(16)17-10-24-26(33-19-6-4-3-5-7-19)21(14-32-35(24)15-17)27(30)34-23-11-18(29)8-9-22(23)28/h8-15,19,33H,2-7H2,1H3,(H2,30,34)(H,31,36). The van der Waals surface area contributed by atoms with E-state index in [1.54, 1.807) is 23.0 Å². The summed E-state index contributed by atoms with van der Waals surface area (Å²) in [7, 11) is 0. The first-order valence-corrected chi connectivity index (χ1v) is 12.6. The molecular weight excluding hydrogens is 479 g/mol. The minimum Gasteiger partial charge on any atom is -0.383 e. The molecule has 0 atom stereocenters. The number of rotatable bonds is 6. The van der Waals surface area contributed by atoms with Gasteiger partial charge in [-0.1, -0.05) is 37.8 Å². The Morgan fingerprint density at radius 2 is 2.08 bits per heavy atom. The zero-order chi connectivity index (χ0) is 25.2. The van der Waals surface area contributed by atoms with Crippen LogP contribution in [0.4, 0.5) is 15.8 Å². The fraction of sp³-hybridized carbons (Fsp3) is 0.296. The monoisotopic (exact) mass is 506 g/mol. The summed E-state index contributed by atoms with van der Waals surface area (Å²) in [5.74, 6) is -0.259. The highest BCUT2D eigenvalue weighted by Crippen LogP contribution is 2.33. The maximum Gasteiger partial charge on any atom is 0.248 e. The highest BCUT2D eigenvalue weighted by atomic mass is 35.5. The van der Waals surface area contributed by atoms with Crippen molar-refractivity contribution in [3.8, 4) is 11.1 Å². The van der Waals surface area contributed by atoms with Gasteiger partial charge in [-0.25, -0.2) is 13.9 Å². The molecule has 1 aliphatic rings. The van der Waals surface area contributed by atoms with E-state index in [1.165, 1.54) is 24.6 Å². The minimum atomic E-state index is -0.444. The zero-order valence-electron chi connectivity index (χ0n) is 20.0. The van der Waals surface area contributed by atoms with Crippen molar-refractivity contribution < 1.29 is 4.39 Å². The smallest absolute Gasteiger partial charge is 0.248 e. The predicted octanol–water partition coefficient (Wildman–Crippen LogP) is 5.83. The van der Waals surface area contributed by atoms with Gasteiger partial charge in [-0.2, -0.15) is 5.10 Å². The molecule has 0 bridgehead atoms. The summed E-state index contributed by atoms with van der Waals surface area (Å²) in [5.41, 5.74) is 11.6. The quantitative estimate of drug-likeness (QED) is 0.226. The summed E-state index contributed by atoms with van der Waals surface area (Å²) < 4.78 is 15.6. The van der Waals surface area contributed by atoms with Crippen LogP contribution in [0, 0.1) is 5.82 Å². The number of aliphatic imine (C=N–C) groups is 1. The first kappa shape index (κ1) is 24.1. The van der Waals surface area contributed by atoms with E-state index in [0.29, 0.717) is 16.6 Å². The summed E-state index contributed by atoms with van der Waals surface area (Å²) in [4.78, 5) is 19.3. The number of fused-ring (bicyclic) bond motifs is 1. The first-order chi connectivity index (χ1) is 17.4. The Hall–Kier alpha value is -3.65. The number of halogens is 2. The van der Waals surface area contributed by atoms with E-state index < -0.39 is 5.82 Å². The molecule has 4 aromatic rings. The molecule has 0 amide bonds. The van der Waals surface area contributed by atoms with Crippen LogP contribution in [-0.4, -0.2) is 26.5 Å². The number of aromatic nitrogens is 3. The van der Waals surface area contributed by atoms with Crippen molar-refractivity contribution in [3.63, 3.8) is 0 Å². The van der Waals surface area contributed by atoms with Crippen molar-refractivity contribution in [1.29, 1.82) is 0 Å². The van der Waals surface area contributed by atoms with Crippen LogP contribution in [0.25, 0.3) is 16.6 Å². The highest BCUT2D eigenvalue weighted by molar-refractivity contribution is 6.33. The summed E-state index contributed by atoms with van der Waals surface area (Å²) in [5, 5.41) is 8.58. The second-order valence-electron chi connectivity index (χ2n) is 9.15. The number of aromatic amines is 1. The van der Waals surface area contributed by atoms with Gasteiger partial charge in [0.05, 0.1) is 33.7 Å². The van der Waals surface area contributed by atoms with Crippen molar-refractivity contribution >= 4 is 34.3 Å². The van der Waals surface area contributed by atoms with Gasteiger partial charge in [-0.15, -0.1) is 0 Å². The molecule has 0 radical (unpaired) electrons. The molecule has 1 aliphatic carbocycles. The van der Waals surface area contributed by atoms with Crippen molar-refractivity contribution in [2.75, 3.05) is 5.32 Å². The number of H-pyrrole nitrogens is 1. The van der Waals surface area contributed by atoms with Gasteiger partial charge >= 0.3 is 0 Å². The topological polar surface area (TPSA) is 101 Å². The molecule has 0 saturated heterocycles. The molecule has 3 aromatic heterocycles. The van der Waals surface area contributed by atoms with Crippen molar-refractivity contribution in [2.45, 2.75) is 51.5 Å². The number of aryl methyl sites for hydroxylation is 1. The summed E-state index contributed by atoms with van der Waals surface area (Å²) in [6, 6.07) is 7.91. The molecule has 4 N–H and O–H groups in total. The molecule has 1 aromatic carbocycles. The van der Waals surface area contributed by atoms with E-state index in [9.17, 15) is 9.18 Å². The van der Waals surface area contributed by atoms with Crippen molar-refractivity contribution in [3.05, 3.63) is 81.2 Å². The molecule has 0 spiro atoms. The van der Waals surface area contributed by atoms with Crippen molar-refractivity contribution in [2.24, 2.45) is 10.7 Å². The molecule has 0 aliphatic heterocycles. The van der Waals surface area contributed by atoms with E-state index in [1.807, 2.05) is 19.2 Å². The third-order valence-corrected chi connectivity index (χ3v) is 7.04. The number of pyridine rings is 1. The average molecular weight is 507 g/mol. The Bertz CT molecular complexity index is 1500. The number of hydrogen-bond donors (Lipinski definition) is 3. The van der Waals surface area contributed by atoms with E-state index in [-0.39, 0.29) is 17.1 Å². The Morgan fingerprint density at radius 3 is 2.86 bits per heavy atom. The number of amidine groups is 1. The van der Waals surface area contributed by atoms with Crippen LogP contribution in [0.3, 0.4) is 0 Å². The lowest BCUT2D eigenvalue weighted by molar-refractivity contribution is 0.463. The van der Waals surface area contributed by atoms with Crippen LogP contribution >= 0.6 is 11.6 Å². The third-order valence-electron chi connectivity index (χ3n) is 6.72. The molecule has 3 heterocycles. The average Bonchev–Trinajstić information content (AvgIpc) is 3.32. The zero-order valence-corrected chi connectivity index (χ0v) is 20.8. The number of hydrogen-bond acceptors (Lipinski definition) is 4. The maximum atomic E-state index is 13.8. The number of anilines is 1.